The molecular weight excluding hydrogens is 263 g/mol. The summed E-state index contributed by atoms with van der Waals surface area (Å²) in [5.41, 5.74) is 0.480. The second-order valence-corrected chi connectivity index (χ2v) is 5.21. The minimum Gasteiger partial charge on any atom is -0.297 e. The minimum absolute atomic E-state index is 0.0354. The van der Waals surface area contributed by atoms with Gasteiger partial charge in [0.25, 0.3) is 0 Å². The fourth-order valence-corrected chi connectivity index (χ4v) is 3.03. The summed E-state index contributed by atoms with van der Waals surface area (Å²) in [6.45, 7) is 0. The van der Waals surface area contributed by atoms with Crippen LogP contribution in [0.25, 0.3) is 0 Å². The molecule has 1 aromatic rings. The molecule has 1 fully saturated rings. The fraction of sp³-hybridized carbons (Fsp3) is 0.231. The molecule has 0 aromatic heterocycles. The Kier molecular flexibility index (Phi) is 3.64. The Morgan fingerprint density at radius 1 is 1.11 bits per heavy atom. The lowest BCUT2D eigenvalue weighted by atomic mass is 9.78. The SMILES string of the molecule is N#CC1C(=N)SC(=N)C(C#N)C1c1cccc(F)c1. The average Bonchev–Trinajstić information content (AvgIpc) is 2.38. The molecule has 1 aliphatic heterocycles. The van der Waals surface area contributed by atoms with Crippen LogP contribution in [0.3, 0.4) is 0 Å². The maximum absolute atomic E-state index is 13.3. The van der Waals surface area contributed by atoms with Crippen molar-refractivity contribution >= 4 is 21.8 Å². The topological polar surface area (TPSA) is 95.3 Å². The van der Waals surface area contributed by atoms with Crippen LogP contribution in [0.1, 0.15) is 11.5 Å². The third-order valence-corrected chi connectivity index (χ3v) is 3.96. The van der Waals surface area contributed by atoms with Gasteiger partial charge >= 0.3 is 0 Å². The van der Waals surface area contributed by atoms with Crippen LogP contribution in [0.5, 0.6) is 0 Å². The van der Waals surface area contributed by atoms with Crippen LogP contribution < -0.4 is 0 Å². The predicted octanol–water partition coefficient (Wildman–Crippen LogP) is 2.89. The van der Waals surface area contributed by atoms with Crippen molar-refractivity contribution in [2.24, 2.45) is 11.8 Å². The Balaban J connectivity index is 2.53. The number of nitrogens with zero attached hydrogens (tertiary/aromatic N) is 2. The van der Waals surface area contributed by atoms with Gasteiger partial charge in [0.15, 0.2) is 0 Å². The Labute approximate surface area is 113 Å². The van der Waals surface area contributed by atoms with Crippen LogP contribution in [0.4, 0.5) is 4.39 Å². The molecule has 1 aliphatic rings. The van der Waals surface area contributed by atoms with Gasteiger partial charge in [-0.15, -0.1) is 0 Å². The molecule has 2 N–H and O–H groups in total. The van der Waals surface area contributed by atoms with Gasteiger partial charge in [0.05, 0.1) is 22.2 Å². The third kappa shape index (κ3) is 2.35. The van der Waals surface area contributed by atoms with Crippen LogP contribution in [-0.2, 0) is 0 Å². The zero-order valence-corrected chi connectivity index (χ0v) is 10.5. The summed E-state index contributed by atoms with van der Waals surface area (Å²) in [6, 6.07) is 9.65. The predicted molar refractivity (Wildman–Crippen MR) is 70.4 cm³/mol. The zero-order valence-electron chi connectivity index (χ0n) is 9.72. The normalized spacial score (nSPS) is 26.6. The largest absolute Gasteiger partial charge is 0.297 e. The van der Waals surface area contributed by atoms with Gasteiger partial charge in [-0.25, -0.2) is 4.39 Å². The summed E-state index contributed by atoms with van der Waals surface area (Å²) < 4.78 is 13.3. The summed E-state index contributed by atoms with van der Waals surface area (Å²) in [5.74, 6) is -2.75. The first-order valence-electron chi connectivity index (χ1n) is 5.48. The van der Waals surface area contributed by atoms with Crippen molar-refractivity contribution in [2.45, 2.75) is 5.92 Å². The van der Waals surface area contributed by atoms with Crippen molar-refractivity contribution in [1.82, 2.24) is 0 Å². The third-order valence-electron chi connectivity index (χ3n) is 3.01. The Morgan fingerprint density at radius 2 is 1.68 bits per heavy atom. The molecule has 1 aromatic carbocycles. The van der Waals surface area contributed by atoms with Crippen LogP contribution in [0.2, 0.25) is 0 Å². The molecule has 0 amide bonds. The summed E-state index contributed by atoms with van der Waals surface area (Å²) >= 11 is 0.837. The van der Waals surface area contributed by atoms with Gasteiger partial charge < -0.3 is 0 Å². The van der Waals surface area contributed by atoms with Gasteiger partial charge in [0, 0.05) is 5.92 Å². The van der Waals surface area contributed by atoms with Gasteiger partial charge in [-0.1, -0.05) is 23.9 Å². The highest BCUT2D eigenvalue weighted by atomic mass is 32.2. The number of hydrogen-bond acceptors (Lipinski definition) is 5. The molecule has 0 bridgehead atoms. The average molecular weight is 272 g/mol. The number of hydrogen-bond donors (Lipinski definition) is 2. The maximum atomic E-state index is 13.3. The summed E-state index contributed by atoms with van der Waals surface area (Å²) in [6.07, 6.45) is 0. The summed E-state index contributed by atoms with van der Waals surface area (Å²) in [4.78, 5) is 0. The molecule has 2 atom stereocenters. The molecule has 1 saturated heterocycles. The minimum atomic E-state index is -0.814. The second-order valence-electron chi connectivity index (χ2n) is 4.12. The summed E-state index contributed by atoms with van der Waals surface area (Å²) in [7, 11) is 0. The fourth-order valence-electron chi connectivity index (χ4n) is 2.14. The standard InChI is InChI=1S/C13H9FN4S/c14-8-3-1-2-7(4-8)11-9(5-15)12(17)19-13(18)10(11)6-16/h1-4,9-11,17-18H. The van der Waals surface area contributed by atoms with Crippen LogP contribution in [0.15, 0.2) is 24.3 Å². The Hall–Kier alpha value is -2.18. The second kappa shape index (κ2) is 5.21. The highest BCUT2D eigenvalue weighted by molar-refractivity contribution is 8.26. The molecule has 0 aliphatic carbocycles. The Morgan fingerprint density at radius 3 is 2.16 bits per heavy atom. The van der Waals surface area contributed by atoms with E-state index in [1.54, 1.807) is 6.07 Å². The number of rotatable bonds is 1. The molecule has 2 unspecified atom stereocenters. The van der Waals surface area contributed by atoms with E-state index >= 15 is 0 Å². The van der Waals surface area contributed by atoms with E-state index in [0.717, 1.165) is 11.8 Å². The van der Waals surface area contributed by atoms with E-state index < -0.39 is 23.6 Å². The van der Waals surface area contributed by atoms with Gasteiger partial charge in [0.2, 0.25) is 0 Å². The first kappa shape index (κ1) is 13.3. The smallest absolute Gasteiger partial charge is 0.123 e. The van der Waals surface area contributed by atoms with Gasteiger partial charge in [-0.05, 0) is 17.7 Å². The van der Waals surface area contributed by atoms with E-state index in [1.165, 1.54) is 18.2 Å². The number of benzene rings is 1. The molecule has 94 valence electrons. The van der Waals surface area contributed by atoms with Crippen LogP contribution in [0, 0.1) is 51.1 Å². The highest BCUT2D eigenvalue weighted by Gasteiger charge is 2.42. The molecule has 2 rings (SSSR count). The highest BCUT2D eigenvalue weighted by Crippen LogP contribution is 2.42. The van der Waals surface area contributed by atoms with Gasteiger partial charge in [0.1, 0.15) is 17.7 Å². The van der Waals surface area contributed by atoms with E-state index in [2.05, 4.69) is 0 Å². The van der Waals surface area contributed by atoms with Crippen molar-refractivity contribution in [3.05, 3.63) is 35.6 Å². The molecule has 0 spiro atoms. The monoisotopic (exact) mass is 272 g/mol. The number of nitriles is 2. The molecule has 19 heavy (non-hydrogen) atoms. The molecule has 0 saturated carbocycles. The van der Waals surface area contributed by atoms with E-state index in [-0.39, 0.29) is 10.1 Å². The number of thioether (sulfide) groups is 1. The van der Waals surface area contributed by atoms with E-state index in [9.17, 15) is 14.9 Å². The molecular formula is C13H9FN4S. The van der Waals surface area contributed by atoms with Crippen molar-refractivity contribution in [2.75, 3.05) is 0 Å². The van der Waals surface area contributed by atoms with Gasteiger partial charge in [-0.2, -0.15) is 10.5 Å². The van der Waals surface area contributed by atoms with E-state index in [0.29, 0.717) is 5.56 Å². The van der Waals surface area contributed by atoms with Crippen molar-refractivity contribution in [3.8, 4) is 12.1 Å². The lowest BCUT2D eigenvalue weighted by molar-refractivity contribution is 0.565. The lowest BCUT2D eigenvalue weighted by Crippen LogP contribution is -2.34. The molecule has 6 heteroatoms. The number of nitrogens with one attached hydrogen (secondary N) is 2. The molecule has 4 nitrogen and oxygen atoms in total. The maximum Gasteiger partial charge on any atom is 0.123 e. The Bertz CT molecular complexity index is 596. The van der Waals surface area contributed by atoms with Crippen molar-refractivity contribution in [1.29, 1.82) is 21.3 Å². The molecule has 1 heterocycles. The first-order valence-corrected chi connectivity index (χ1v) is 6.29. The first-order chi connectivity index (χ1) is 9.08. The van der Waals surface area contributed by atoms with Crippen molar-refractivity contribution < 1.29 is 4.39 Å². The van der Waals surface area contributed by atoms with E-state index in [1.807, 2.05) is 12.1 Å². The number of halogens is 1. The molecule has 0 radical (unpaired) electrons. The zero-order chi connectivity index (χ0) is 14.0. The van der Waals surface area contributed by atoms with Gasteiger partial charge in [-0.3, -0.25) is 10.8 Å². The van der Waals surface area contributed by atoms with Crippen LogP contribution >= 0.6 is 11.8 Å². The van der Waals surface area contributed by atoms with Crippen molar-refractivity contribution in [3.63, 3.8) is 0 Å². The van der Waals surface area contributed by atoms with Crippen LogP contribution in [-0.4, -0.2) is 10.1 Å². The quantitative estimate of drug-likeness (QED) is 0.822. The van der Waals surface area contributed by atoms with E-state index in [4.69, 9.17) is 10.8 Å². The lowest BCUT2D eigenvalue weighted by Gasteiger charge is -2.31. The summed E-state index contributed by atoms with van der Waals surface area (Å²) in [5, 5.41) is 34.0.